The number of amides is 1. The minimum atomic E-state index is -3.74. The number of aryl methyl sites for hydroxylation is 2. The first-order valence-corrected chi connectivity index (χ1v) is 17.8. The van der Waals surface area contributed by atoms with E-state index in [4.69, 9.17) is 9.47 Å². The van der Waals surface area contributed by atoms with Crippen LogP contribution in [0.3, 0.4) is 0 Å². The van der Waals surface area contributed by atoms with E-state index >= 15 is 0 Å². The molecule has 5 rings (SSSR count). The van der Waals surface area contributed by atoms with Gasteiger partial charge in [0.15, 0.2) is 0 Å². The summed E-state index contributed by atoms with van der Waals surface area (Å²) < 4.78 is 54.6. The van der Waals surface area contributed by atoms with E-state index in [0.29, 0.717) is 47.8 Å². The summed E-state index contributed by atoms with van der Waals surface area (Å²) >= 11 is 0. The van der Waals surface area contributed by atoms with Crippen LogP contribution < -0.4 is 4.74 Å². The Bertz CT molecular complexity index is 1440. The zero-order valence-electron chi connectivity index (χ0n) is 27.6. The lowest BCUT2D eigenvalue weighted by molar-refractivity contribution is -0.139. The van der Waals surface area contributed by atoms with Gasteiger partial charge in [-0.15, -0.1) is 0 Å². The molecule has 10 heteroatoms. The second kappa shape index (κ2) is 13.7. The van der Waals surface area contributed by atoms with E-state index in [1.54, 1.807) is 49.5 Å². The Labute approximate surface area is 268 Å². The van der Waals surface area contributed by atoms with Crippen LogP contribution >= 0.6 is 0 Å². The molecule has 2 aromatic rings. The second-order valence-corrected chi connectivity index (χ2v) is 15.5. The highest BCUT2D eigenvalue weighted by Gasteiger charge is 2.46. The SMILES string of the molecule is COc1cc(C)c(S(=O)(=O)N2CCCC[C@H]2COCC(=O)N2CCC3(CC2)CCC(c2cccc(F)c2)(N(C)C)CC3)c(C)c1. The number of benzene rings is 2. The molecule has 0 aromatic heterocycles. The Balaban J connectivity index is 1.14. The number of rotatable bonds is 9. The van der Waals surface area contributed by atoms with E-state index in [0.717, 1.165) is 56.9 Å². The number of methoxy groups -OCH3 is 1. The van der Waals surface area contributed by atoms with Crippen LogP contribution in [0.15, 0.2) is 41.3 Å². The van der Waals surface area contributed by atoms with Gasteiger partial charge in [-0.05, 0) is 126 Å². The van der Waals surface area contributed by atoms with Gasteiger partial charge in [-0.25, -0.2) is 12.8 Å². The van der Waals surface area contributed by atoms with Crippen LogP contribution in [-0.2, 0) is 25.1 Å². The first-order valence-electron chi connectivity index (χ1n) is 16.4. The van der Waals surface area contributed by atoms with E-state index in [-0.39, 0.29) is 41.9 Å². The van der Waals surface area contributed by atoms with Crippen LogP contribution in [0.1, 0.15) is 74.5 Å². The quantitative estimate of drug-likeness (QED) is 0.352. The highest BCUT2D eigenvalue weighted by atomic mass is 32.2. The van der Waals surface area contributed by atoms with Crippen molar-refractivity contribution in [2.24, 2.45) is 5.41 Å². The predicted molar refractivity (Wildman–Crippen MR) is 173 cm³/mol. The molecule has 2 aliphatic heterocycles. The monoisotopic (exact) mass is 643 g/mol. The minimum absolute atomic E-state index is 0.0323. The molecule has 3 fully saturated rings. The number of carbonyl (C=O) groups is 1. The summed E-state index contributed by atoms with van der Waals surface area (Å²) in [5.41, 5.74) is 2.41. The average molecular weight is 644 g/mol. The standard InChI is InChI=1S/C35H50FN3O5S/c1-26-21-31(43-5)22-27(2)33(26)45(41,42)39-18-7-6-11-30(39)24-44-25-32(40)38-19-16-34(17-20-38)12-14-35(15-13-34,37(3)4)28-9-8-10-29(36)23-28/h8-10,21-23,30H,6-7,11-20,24-25H2,1-5H3/t30-/m0/s1. The molecule has 2 saturated heterocycles. The van der Waals surface area contributed by atoms with Gasteiger partial charge in [0.2, 0.25) is 15.9 Å². The summed E-state index contributed by atoms with van der Waals surface area (Å²) in [5.74, 6) is 0.414. The van der Waals surface area contributed by atoms with Crippen molar-refractivity contribution >= 4 is 15.9 Å². The second-order valence-electron chi connectivity index (χ2n) is 13.7. The van der Waals surface area contributed by atoms with Gasteiger partial charge in [0.05, 0.1) is 18.6 Å². The summed E-state index contributed by atoms with van der Waals surface area (Å²) in [4.78, 5) is 17.7. The fraction of sp³-hybridized carbons (Fsp3) is 0.629. The molecule has 248 valence electrons. The van der Waals surface area contributed by atoms with Crippen molar-refractivity contribution in [3.8, 4) is 5.75 Å². The Morgan fingerprint density at radius 3 is 2.24 bits per heavy atom. The number of nitrogens with zero attached hydrogens (tertiary/aromatic N) is 3. The lowest BCUT2D eigenvalue weighted by atomic mass is 9.61. The number of ether oxygens (including phenoxy) is 2. The van der Waals surface area contributed by atoms with E-state index < -0.39 is 10.0 Å². The number of carbonyl (C=O) groups excluding carboxylic acids is 1. The maximum Gasteiger partial charge on any atom is 0.248 e. The van der Waals surface area contributed by atoms with Crippen LogP contribution in [0.4, 0.5) is 4.39 Å². The zero-order chi connectivity index (χ0) is 32.4. The number of piperidine rings is 2. The molecule has 1 atom stereocenters. The first kappa shape index (κ1) is 33.8. The van der Waals surface area contributed by atoms with E-state index in [1.807, 2.05) is 11.0 Å². The Hall–Kier alpha value is -2.53. The van der Waals surface area contributed by atoms with Crippen LogP contribution in [-0.4, -0.2) is 88.5 Å². The fourth-order valence-electron chi connectivity index (χ4n) is 8.08. The van der Waals surface area contributed by atoms with Gasteiger partial charge in [-0.1, -0.05) is 18.6 Å². The van der Waals surface area contributed by atoms with Crippen molar-refractivity contribution in [1.29, 1.82) is 0 Å². The van der Waals surface area contributed by atoms with Crippen LogP contribution in [0.25, 0.3) is 0 Å². The van der Waals surface area contributed by atoms with Gasteiger partial charge in [0, 0.05) is 31.2 Å². The summed E-state index contributed by atoms with van der Waals surface area (Å²) in [6.45, 7) is 5.61. The molecule has 45 heavy (non-hydrogen) atoms. The third-order valence-electron chi connectivity index (χ3n) is 10.9. The molecule has 2 heterocycles. The van der Waals surface area contributed by atoms with Crippen molar-refractivity contribution in [1.82, 2.24) is 14.1 Å². The number of hydrogen-bond acceptors (Lipinski definition) is 6. The molecule has 1 saturated carbocycles. The fourth-order valence-corrected chi connectivity index (χ4v) is 10.2. The topological polar surface area (TPSA) is 79.4 Å². The van der Waals surface area contributed by atoms with E-state index in [9.17, 15) is 17.6 Å². The highest BCUT2D eigenvalue weighted by molar-refractivity contribution is 7.89. The molecule has 0 N–H and O–H groups in total. The molecule has 1 amide bonds. The average Bonchev–Trinajstić information content (AvgIpc) is 3.01. The Morgan fingerprint density at radius 2 is 1.64 bits per heavy atom. The molecule has 0 radical (unpaired) electrons. The first-order chi connectivity index (χ1) is 21.4. The van der Waals surface area contributed by atoms with Crippen molar-refractivity contribution in [3.05, 3.63) is 58.9 Å². The molecule has 3 aliphatic rings. The van der Waals surface area contributed by atoms with Crippen molar-refractivity contribution in [2.75, 3.05) is 54.1 Å². The predicted octanol–water partition coefficient (Wildman–Crippen LogP) is 5.65. The lowest BCUT2D eigenvalue weighted by Crippen LogP contribution is -2.51. The molecule has 2 aromatic carbocycles. The maximum absolute atomic E-state index is 14.1. The smallest absolute Gasteiger partial charge is 0.248 e. The van der Waals surface area contributed by atoms with E-state index in [2.05, 4.69) is 19.0 Å². The largest absolute Gasteiger partial charge is 0.497 e. The third kappa shape index (κ3) is 6.94. The van der Waals surface area contributed by atoms with Crippen LogP contribution in [0.2, 0.25) is 0 Å². The van der Waals surface area contributed by atoms with Crippen molar-refractivity contribution in [3.63, 3.8) is 0 Å². The van der Waals surface area contributed by atoms with E-state index in [1.165, 1.54) is 6.07 Å². The molecule has 0 bridgehead atoms. The lowest BCUT2D eigenvalue weighted by Gasteiger charge is -2.52. The summed E-state index contributed by atoms with van der Waals surface area (Å²) in [6, 6.07) is 10.2. The normalized spacial score (nSPS) is 22.1. The summed E-state index contributed by atoms with van der Waals surface area (Å²) in [5, 5.41) is 0. The molecule has 8 nitrogen and oxygen atoms in total. The molecular formula is C35H50FN3O5S. The molecular weight excluding hydrogens is 593 g/mol. The Kier molecular flexibility index (Phi) is 10.3. The maximum atomic E-state index is 14.1. The van der Waals surface area contributed by atoms with Crippen molar-refractivity contribution in [2.45, 2.75) is 88.1 Å². The van der Waals surface area contributed by atoms with Gasteiger partial charge >= 0.3 is 0 Å². The third-order valence-corrected chi connectivity index (χ3v) is 13.1. The minimum Gasteiger partial charge on any atom is -0.497 e. The highest BCUT2D eigenvalue weighted by Crippen LogP contribution is 2.52. The van der Waals surface area contributed by atoms with Gasteiger partial charge in [-0.2, -0.15) is 4.31 Å². The molecule has 0 unspecified atom stereocenters. The number of likely N-dealkylation sites (tertiary alicyclic amines) is 1. The van der Waals surface area contributed by atoms with Gasteiger partial charge < -0.3 is 14.4 Å². The Morgan fingerprint density at radius 1 is 0.978 bits per heavy atom. The number of hydrogen-bond donors (Lipinski definition) is 0. The molecule has 1 aliphatic carbocycles. The molecule has 1 spiro atoms. The van der Waals surface area contributed by atoms with Crippen LogP contribution in [0.5, 0.6) is 5.75 Å². The summed E-state index contributed by atoms with van der Waals surface area (Å²) in [6.07, 6.45) is 8.40. The van der Waals surface area contributed by atoms with Gasteiger partial charge in [-0.3, -0.25) is 9.69 Å². The zero-order valence-corrected chi connectivity index (χ0v) is 28.4. The number of sulfonamides is 1. The number of halogens is 1. The van der Waals surface area contributed by atoms with Crippen LogP contribution in [0, 0.1) is 25.1 Å². The van der Waals surface area contributed by atoms with Gasteiger partial charge in [0.25, 0.3) is 0 Å². The van der Waals surface area contributed by atoms with Gasteiger partial charge in [0.1, 0.15) is 18.2 Å². The van der Waals surface area contributed by atoms with Crippen molar-refractivity contribution < 1.29 is 27.1 Å². The summed E-state index contributed by atoms with van der Waals surface area (Å²) in [7, 11) is 2.02.